The van der Waals surface area contributed by atoms with Gasteiger partial charge in [-0.3, -0.25) is 9.69 Å². The minimum Gasteiger partial charge on any atom is -0.377 e. The Morgan fingerprint density at radius 2 is 2.12 bits per heavy atom. The molecule has 0 aliphatic carbocycles. The molecule has 8 nitrogen and oxygen atoms in total. The third kappa shape index (κ3) is 5.33. The summed E-state index contributed by atoms with van der Waals surface area (Å²) in [5.74, 6) is 0.843. The molecule has 178 valence electrons. The highest BCUT2D eigenvalue weighted by atomic mass is 16.5. The molecule has 8 heteroatoms. The average molecular weight is 453 g/mol. The molecular formula is C25H36N6O2. The van der Waals surface area contributed by atoms with Crippen LogP contribution < -0.4 is 5.56 Å². The van der Waals surface area contributed by atoms with Crippen molar-refractivity contribution in [3.63, 3.8) is 0 Å². The van der Waals surface area contributed by atoms with Crippen molar-refractivity contribution in [2.24, 2.45) is 0 Å². The number of aromatic amines is 1. The van der Waals surface area contributed by atoms with Gasteiger partial charge >= 0.3 is 0 Å². The van der Waals surface area contributed by atoms with Crippen LogP contribution in [0.5, 0.6) is 0 Å². The SMILES string of the molecule is CCC[C@H](c1nnnn1C(C)(C)C)N(Cc1cc2cc(C)ccc2[nH]c1=O)C[C@@H]1CCCO1. The zero-order valence-electron chi connectivity index (χ0n) is 20.5. The molecule has 2 atom stereocenters. The van der Waals surface area contributed by atoms with Gasteiger partial charge < -0.3 is 9.72 Å². The predicted molar refractivity (Wildman–Crippen MR) is 129 cm³/mol. The molecule has 1 saturated heterocycles. The third-order valence-electron chi connectivity index (χ3n) is 6.34. The van der Waals surface area contributed by atoms with Crippen LogP contribution in [0.15, 0.2) is 29.1 Å². The Bertz CT molecular complexity index is 1140. The lowest BCUT2D eigenvalue weighted by Gasteiger charge is -2.34. The Morgan fingerprint density at radius 3 is 2.82 bits per heavy atom. The zero-order chi connectivity index (χ0) is 23.6. The number of aryl methyl sites for hydroxylation is 1. The lowest BCUT2D eigenvalue weighted by molar-refractivity contribution is 0.0465. The van der Waals surface area contributed by atoms with Crippen molar-refractivity contribution in [3.05, 3.63) is 51.6 Å². The van der Waals surface area contributed by atoms with Gasteiger partial charge in [0.05, 0.1) is 17.7 Å². The fourth-order valence-electron chi connectivity index (χ4n) is 4.69. The van der Waals surface area contributed by atoms with Gasteiger partial charge in [0.1, 0.15) is 0 Å². The van der Waals surface area contributed by atoms with Crippen molar-refractivity contribution in [2.75, 3.05) is 13.2 Å². The predicted octanol–water partition coefficient (Wildman–Crippen LogP) is 4.10. The highest BCUT2D eigenvalue weighted by Gasteiger charge is 2.32. The van der Waals surface area contributed by atoms with Crippen molar-refractivity contribution < 1.29 is 4.74 Å². The molecule has 0 spiro atoms. The number of fused-ring (bicyclic) bond motifs is 1. The van der Waals surface area contributed by atoms with E-state index in [0.29, 0.717) is 6.54 Å². The van der Waals surface area contributed by atoms with E-state index in [4.69, 9.17) is 4.74 Å². The summed E-state index contributed by atoms with van der Waals surface area (Å²) in [6.07, 6.45) is 4.15. The second-order valence-corrected chi connectivity index (χ2v) is 10.2. The number of aromatic nitrogens is 5. The van der Waals surface area contributed by atoms with Crippen LogP contribution in [0.2, 0.25) is 0 Å². The van der Waals surface area contributed by atoms with Crippen molar-refractivity contribution in [3.8, 4) is 0 Å². The molecule has 0 unspecified atom stereocenters. The van der Waals surface area contributed by atoms with E-state index in [0.717, 1.165) is 61.1 Å². The van der Waals surface area contributed by atoms with Crippen molar-refractivity contribution in [2.45, 2.75) is 84.5 Å². The Labute approximate surface area is 195 Å². The van der Waals surface area contributed by atoms with Gasteiger partial charge in [0.15, 0.2) is 5.82 Å². The van der Waals surface area contributed by atoms with Gasteiger partial charge in [-0.15, -0.1) is 5.10 Å². The maximum atomic E-state index is 13.0. The Hall–Kier alpha value is -2.58. The number of pyridine rings is 1. The molecule has 3 heterocycles. The van der Waals surface area contributed by atoms with Crippen LogP contribution in [0.4, 0.5) is 0 Å². The maximum absolute atomic E-state index is 13.0. The van der Waals surface area contributed by atoms with Crippen LogP contribution >= 0.6 is 0 Å². The normalized spacial score (nSPS) is 17.8. The molecule has 0 radical (unpaired) electrons. The Kier molecular flexibility index (Phi) is 6.95. The molecular weight excluding hydrogens is 416 g/mol. The second kappa shape index (κ2) is 9.73. The summed E-state index contributed by atoms with van der Waals surface area (Å²) in [5, 5.41) is 13.8. The number of benzene rings is 1. The summed E-state index contributed by atoms with van der Waals surface area (Å²) in [6, 6.07) is 8.12. The van der Waals surface area contributed by atoms with Crippen molar-refractivity contribution >= 4 is 10.9 Å². The van der Waals surface area contributed by atoms with E-state index in [9.17, 15) is 4.79 Å². The van der Waals surface area contributed by atoms with Crippen molar-refractivity contribution in [1.82, 2.24) is 30.1 Å². The Balaban J connectivity index is 1.74. The largest absolute Gasteiger partial charge is 0.377 e. The Morgan fingerprint density at radius 1 is 1.30 bits per heavy atom. The monoisotopic (exact) mass is 452 g/mol. The minimum absolute atomic E-state index is 0.0129. The highest BCUT2D eigenvalue weighted by Crippen LogP contribution is 2.30. The van der Waals surface area contributed by atoms with Gasteiger partial charge in [-0.1, -0.05) is 25.0 Å². The van der Waals surface area contributed by atoms with Gasteiger partial charge in [0, 0.05) is 30.8 Å². The number of rotatable bonds is 8. The molecule has 0 bridgehead atoms. The highest BCUT2D eigenvalue weighted by molar-refractivity contribution is 5.79. The summed E-state index contributed by atoms with van der Waals surface area (Å²) >= 11 is 0. The molecule has 0 saturated carbocycles. The number of nitrogens with zero attached hydrogens (tertiary/aromatic N) is 5. The number of nitrogens with one attached hydrogen (secondary N) is 1. The van der Waals surface area contributed by atoms with Crippen LogP contribution in [-0.2, 0) is 16.8 Å². The first-order chi connectivity index (χ1) is 15.8. The molecule has 1 aromatic carbocycles. The number of tetrazole rings is 1. The molecule has 4 rings (SSSR count). The zero-order valence-corrected chi connectivity index (χ0v) is 20.5. The summed E-state index contributed by atoms with van der Waals surface area (Å²) in [7, 11) is 0. The minimum atomic E-state index is -0.238. The van der Waals surface area contributed by atoms with Gasteiger partial charge in [0.25, 0.3) is 5.56 Å². The van der Waals surface area contributed by atoms with E-state index < -0.39 is 0 Å². The fourth-order valence-corrected chi connectivity index (χ4v) is 4.69. The van der Waals surface area contributed by atoms with Crippen LogP contribution in [0.3, 0.4) is 0 Å². The third-order valence-corrected chi connectivity index (χ3v) is 6.34. The molecule has 1 aliphatic heterocycles. The smallest absolute Gasteiger partial charge is 0.252 e. The first-order valence-electron chi connectivity index (χ1n) is 12.0. The second-order valence-electron chi connectivity index (χ2n) is 10.2. The fraction of sp³-hybridized carbons (Fsp3) is 0.600. The van der Waals surface area contributed by atoms with E-state index >= 15 is 0 Å². The summed E-state index contributed by atoms with van der Waals surface area (Å²) in [4.78, 5) is 18.4. The van der Waals surface area contributed by atoms with E-state index in [1.54, 1.807) is 0 Å². The number of hydrogen-bond acceptors (Lipinski definition) is 6. The molecule has 1 aliphatic rings. The molecule has 1 fully saturated rings. The topological polar surface area (TPSA) is 88.9 Å². The number of H-pyrrole nitrogens is 1. The molecule has 0 amide bonds. The first kappa shape index (κ1) is 23.6. The van der Waals surface area contributed by atoms with Gasteiger partial charge in [0.2, 0.25) is 0 Å². The summed E-state index contributed by atoms with van der Waals surface area (Å²) in [6.45, 7) is 12.6. The maximum Gasteiger partial charge on any atom is 0.252 e. The van der Waals surface area contributed by atoms with Crippen LogP contribution in [0, 0.1) is 6.92 Å². The molecule has 2 aromatic heterocycles. The van der Waals surface area contributed by atoms with Crippen LogP contribution in [0.25, 0.3) is 10.9 Å². The van der Waals surface area contributed by atoms with E-state index in [1.165, 1.54) is 5.56 Å². The quantitative estimate of drug-likeness (QED) is 0.553. The molecule has 3 aromatic rings. The lowest BCUT2D eigenvalue weighted by Crippen LogP contribution is -2.39. The summed E-state index contributed by atoms with van der Waals surface area (Å²) < 4.78 is 7.91. The van der Waals surface area contributed by atoms with Crippen molar-refractivity contribution in [1.29, 1.82) is 0 Å². The first-order valence-corrected chi connectivity index (χ1v) is 12.0. The average Bonchev–Trinajstić information content (AvgIpc) is 3.44. The lowest BCUT2D eigenvalue weighted by atomic mass is 10.0. The van der Waals surface area contributed by atoms with Gasteiger partial charge in [-0.05, 0) is 81.0 Å². The van der Waals surface area contributed by atoms with Crippen LogP contribution in [-0.4, -0.2) is 49.3 Å². The summed E-state index contributed by atoms with van der Waals surface area (Å²) in [5.41, 5.74) is 2.50. The number of ether oxygens (including phenoxy) is 1. The van der Waals surface area contributed by atoms with Gasteiger partial charge in [-0.25, -0.2) is 4.68 Å². The van der Waals surface area contributed by atoms with E-state index in [2.05, 4.69) is 66.1 Å². The molecule has 33 heavy (non-hydrogen) atoms. The number of hydrogen-bond donors (Lipinski definition) is 1. The standard InChI is InChI=1S/C25H36N6O2/c1-6-8-22(23-27-28-29-31(23)25(3,4)5)30(16-20-9-7-12-33-20)15-19-14-18-13-17(2)10-11-21(18)26-24(19)32/h10-11,13-14,20,22H,6-9,12,15-16H2,1-5H3,(H,26,32)/t20-,22+/m0/s1. The van der Waals surface area contributed by atoms with Crippen LogP contribution in [0.1, 0.15) is 76.4 Å². The van der Waals surface area contributed by atoms with Gasteiger partial charge in [-0.2, -0.15) is 0 Å². The van der Waals surface area contributed by atoms with E-state index in [1.807, 2.05) is 22.9 Å². The molecule has 1 N–H and O–H groups in total. The van der Waals surface area contributed by atoms with E-state index in [-0.39, 0.29) is 23.2 Å².